The molecule has 1 aromatic carbocycles. The first-order valence-corrected chi connectivity index (χ1v) is 5.35. The van der Waals surface area contributed by atoms with Crippen LogP contribution in [0, 0.1) is 5.82 Å². The lowest BCUT2D eigenvalue weighted by Gasteiger charge is -2.20. The van der Waals surface area contributed by atoms with Gasteiger partial charge in [-0.1, -0.05) is 6.07 Å². The van der Waals surface area contributed by atoms with Crippen molar-refractivity contribution >= 4 is 0 Å². The van der Waals surface area contributed by atoms with Crippen molar-refractivity contribution in [1.82, 2.24) is 10.2 Å². The first kappa shape index (κ1) is 12.9. The van der Waals surface area contributed by atoms with Crippen LogP contribution in [0.5, 0.6) is 5.75 Å². The third-order valence-electron chi connectivity index (χ3n) is 2.66. The van der Waals surface area contributed by atoms with Crippen molar-refractivity contribution in [3.05, 3.63) is 29.6 Å². The smallest absolute Gasteiger partial charge is 0.165 e. The number of nitrogens with one attached hydrogen (secondary N) is 1. The van der Waals surface area contributed by atoms with Crippen LogP contribution in [0.4, 0.5) is 4.39 Å². The van der Waals surface area contributed by atoms with E-state index in [2.05, 4.69) is 17.1 Å². The summed E-state index contributed by atoms with van der Waals surface area (Å²) in [6.45, 7) is 3.56. The monoisotopic (exact) mass is 226 g/mol. The second kappa shape index (κ2) is 5.82. The number of hydrogen-bond acceptors (Lipinski definition) is 3. The van der Waals surface area contributed by atoms with E-state index < -0.39 is 5.82 Å². The normalized spacial score (nSPS) is 13.1. The van der Waals surface area contributed by atoms with Gasteiger partial charge >= 0.3 is 0 Å². The van der Waals surface area contributed by atoms with E-state index in [-0.39, 0.29) is 5.75 Å². The molecule has 3 nitrogen and oxygen atoms in total. The highest BCUT2D eigenvalue weighted by atomic mass is 19.1. The van der Waals surface area contributed by atoms with E-state index in [1.165, 1.54) is 12.1 Å². The fourth-order valence-electron chi connectivity index (χ4n) is 1.27. The molecule has 0 aliphatic carbocycles. The Morgan fingerprint density at radius 1 is 1.44 bits per heavy atom. The molecule has 90 valence electrons. The largest absolute Gasteiger partial charge is 0.505 e. The lowest BCUT2D eigenvalue weighted by molar-refractivity contribution is 0.302. The van der Waals surface area contributed by atoms with Crippen LogP contribution in [0.2, 0.25) is 0 Å². The van der Waals surface area contributed by atoms with E-state index in [0.29, 0.717) is 12.6 Å². The second-order valence-corrected chi connectivity index (χ2v) is 4.23. The standard InChI is InChI=1S/C12H19FN2O/c1-9(15(2)3)7-14-8-10-4-5-12(16)11(13)6-10/h4-6,9,14,16H,7-8H2,1-3H3. The molecule has 0 spiro atoms. The fraction of sp³-hybridized carbons (Fsp3) is 0.500. The first-order chi connectivity index (χ1) is 7.50. The van der Waals surface area contributed by atoms with E-state index in [1.54, 1.807) is 6.07 Å². The van der Waals surface area contributed by atoms with Crippen LogP contribution in [0.3, 0.4) is 0 Å². The van der Waals surface area contributed by atoms with Crippen molar-refractivity contribution < 1.29 is 9.50 Å². The van der Waals surface area contributed by atoms with Gasteiger partial charge in [0.2, 0.25) is 0 Å². The van der Waals surface area contributed by atoms with Gasteiger partial charge in [-0.2, -0.15) is 0 Å². The third kappa shape index (κ3) is 3.79. The van der Waals surface area contributed by atoms with Gasteiger partial charge in [0.25, 0.3) is 0 Å². The summed E-state index contributed by atoms with van der Waals surface area (Å²) < 4.78 is 13.0. The van der Waals surface area contributed by atoms with E-state index in [1.807, 2.05) is 14.1 Å². The Morgan fingerprint density at radius 2 is 2.12 bits per heavy atom. The number of aromatic hydroxyl groups is 1. The topological polar surface area (TPSA) is 35.5 Å². The molecule has 0 aliphatic heterocycles. The molecule has 1 aromatic rings. The molecule has 0 bridgehead atoms. The minimum atomic E-state index is -0.569. The van der Waals surface area contributed by atoms with E-state index in [9.17, 15) is 4.39 Å². The molecule has 0 radical (unpaired) electrons. The molecule has 0 saturated carbocycles. The molecule has 2 N–H and O–H groups in total. The number of phenolic OH excluding ortho intramolecular Hbond substituents is 1. The highest BCUT2D eigenvalue weighted by Crippen LogP contribution is 2.15. The number of rotatable bonds is 5. The van der Waals surface area contributed by atoms with Crippen LogP contribution >= 0.6 is 0 Å². The molecule has 0 amide bonds. The molecule has 0 aromatic heterocycles. The molecule has 0 heterocycles. The molecule has 16 heavy (non-hydrogen) atoms. The summed E-state index contributed by atoms with van der Waals surface area (Å²) in [5, 5.41) is 12.3. The summed E-state index contributed by atoms with van der Waals surface area (Å²) in [4.78, 5) is 2.12. The number of benzene rings is 1. The molecule has 0 saturated heterocycles. The van der Waals surface area contributed by atoms with E-state index in [4.69, 9.17) is 5.11 Å². The molecule has 1 unspecified atom stereocenters. The van der Waals surface area contributed by atoms with Gasteiger partial charge in [0.15, 0.2) is 11.6 Å². The summed E-state index contributed by atoms with van der Waals surface area (Å²) in [6, 6.07) is 4.87. The van der Waals surface area contributed by atoms with Crippen LogP contribution in [0.1, 0.15) is 12.5 Å². The number of halogens is 1. The average molecular weight is 226 g/mol. The van der Waals surface area contributed by atoms with Gasteiger partial charge < -0.3 is 15.3 Å². The lowest BCUT2D eigenvalue weighted by Crippen LogP contribution is -2.35. The molecule has 0 fully saturated rings. The van der Waals surface area contributed by atoms with Crippen molar-refractivity contribution in [2.45, 2.75) is 19.5 Å². The summed E-state index contributed by atoms with van der Waals surface area (Å²) in [5.41, 5.74) is 0.834. The van der Waals surface area contributed by atoms with Crippen LogP contribution < -0.4 is 5.32 Å². The number of nitrogens with zero attached hydrogens (tertiary/aromatic N) is 1. The summed E-state index contributed by atoms with van der Waals surface area (Å²) in [7, 11) is 4.04. The predicted molar refractivity (Wildman–Crippen MR) is 62.9 cm³/mol. The molecular weight excluding hydrogens is 207 g/mol. The first-order valence-electron chi connectivity index (χ1n) is 5.35. The second-order valence-electron chi connectivity index (χ2n) is 4.23. The minimum absolute atomic E-state index is 0.301. The minimum Gasteiger partial charge on any atom is -0.505 e. The predicted octanol–water partition coefficient (Wildman–Crippen LogP) is 1.57. The zero-order chi connectivity index (χ0) is 12.1. The molecular formula is C12H19FN2O. The fourth-order valence-corrected chi connectivity index (χ4v) is 1.27. The Kier molecular flexibility index (Phi) is 4.71. The maximum atomic E-state index is 13.0. The highest BCUT2D eigenvalue weighted by Gasteiger charge is 2.04. The van der Waals surface area contributed by atoms with Gasteiger partial charge in [-0.3, -0.25) is 0 Å². The average Bonchev–Trinajstić information content (AvgIpc) is 2.23. The third-order valence-corrected chi connectivity index (χ3v) is 2.66. The van der Waals surface area contributed by atoms with Crippen molar-refractivity contribution in [1.29, 1.82) is 0 Å². The maximum Gasteiger partial charge on any atom is 0.165 e. The van der Waals surface area contributed by atoms with Crippen molar-refractivity contribution in [2.24, 2.45) is 0 Å². The SMILES string of the molecule is CC(CNCc1ccc(O)c(F)c1)N(C)C. The Bertz CT molecular complexity index is 342. The van der Waals surface area contributed by atoms with Crippen LogP contribution in [0.15, 0.2) is 18.2 Å². The number of phenols is 1. The van der Waals surface area contributed by atoms with Crippen molar-refractivity contribution in [2.75, 3.05) is 20.6 Å². The van der Waals surface area contributed by atoms with Gasteiger partial charge in [0, 0.05) is 19.1 Å². The lowest BCUT2D eigenvalue weighted by atomic mass is 10.2. The molecule has 0 aliphatic rings. The molecule has 1 rings (SSSR count). The van der Waals surface area contributed by atoms with Crippen LogP contribution in [-0.2, 0) is 6.54 Å². The summed E-state index contributed by atoms with van der Waals surface area (Å²) in [5.74, 6) is -0.870. The Balaban J connectivity index is 2.40. The molecule has 1 atom stereocenters. The van der Waals surface area contributed by atoms with Gasteiger partial charge in [0.1, 0.15) is 0 Å². The molecule has 4 heteroatoms. The Hall–Kier alpha value is -1.13. The van der Waals surface area contributed by atoms with Crippen LogP contribution in [0.25, 0.3) is 0 Å². The number of hydrogen-bond donors (Lipinski definition) is 2. The quantitative estimate of drug-likeness (QED) is 0.800. The van der Waals surface area contributed by atoms with E-state index in [0.717, 1.165) is 12.1 Å². The number of likely N-dealkylation sites (N-methyl/N-ethyl adjacent to an activating group) is 1. The zero-order valence-corrected chi connectivity index (χ0v) is 10.00. The van der Waals surface area contributed by atoms with Gasteiger partial charge in [0.05, 0.1) is 0 Å². The van der Waals surface area contributed by atoms with Crippen LogP contribution in [-0.4, -0.2) is 36.7 Å². The van der Waals surface area contributed by atoms with Gasteiger partial charge in [-0.05, 0) is 38.7 Å². The Labute approximate surface area is 95.9 Å². The van der Waals surface area contributed by atoms with Gasteiger partial charge in [-0.15, -0.1) is 0 Å². The highest BCUT2D eigenvalue weighted by molar-refractivity contribution is 5.27. The van der Waals surface area contributed by atoms with Gasteiger partial charge in [-0.25, -0.2) is 4.39 Å². The van der Waals surface area contributed by atoms with Crippen molar-refractivity contribution in [3.8, 4) is 5.75 Å². The van der Waals surface area contributed by atoms with Crippen molar-refractivity contribution in [3.63, 3.8) is 0 Å². The summed E-state index contributed by atoms with van der Waals surface area (Å²) >= 11 is 0. The zero-order valence-electron chi connectivity index (χ0n) is 10.00. The Morgan fingerprint density at radius 3 is 2.69 bits per heavy atom. The summed E-state index contributed by atoms with van der Waals surface area (Å²) in [6.07, 6.45) is 0. The maximum absolute atomic E-state index is 13.0. The van der Waals surface area contributed by atoms with E-state index >= 15 is 0 Å².